The van der Waals surface area contributed by atoms with Crippen LogP contribution in [0.2, 0.25) is 0 Å². The lowest BCUT2D eigenvalue weighted by Gasteiger charge is -2.17. The zero-order valence-electron chi connectivity index (χ0n) is 14.1. The van der Waals surface area contributed by atoms with Crippen LogP contribution in [0, 0.1) is 11.8 Å². The summed E-state index contributed by atoms with van der Waals surface area (Å²) in [7, 11) is 0. The second kappa shape index (κ2) is 5.53. The van der Waals surface area contributed by atoms with Crippen molar-refractivity contribution in [2.45, 2.75) is 12.2 Å². The minimum Gasteiger partial charge on any atom is -0.454 e. The Balaban J connectivity index is 1.27. The van der Waals surface area contributed by atoms with Gasteiger partial charge >= 0.3 is 0 Å². The van der Waals surface area contributed by atoms with Gasteiger partial charge in [0, 0.05) is 11.8 Å². The molecule has 2 saturated heterocycles. The van der Waals surface area contributed by atoms with Crippen molar-refractivity contribution < 1.29 is 28.4 Å². The lowest BCUT2D eigenvalue weighted by atomic mass is 9.85. The Labute approximate surface area is 150 Å². The van der Waals surface area contributed by atoms with Gasteiger partial charge in [-0.3, -0.25) is 0 Å². The third kappa shape index (κ3) is 2.12. The van der Waals surface area contributed by atoms with Crippen molar-refractivity contribution in [3.05, 3.63) is 47.5 Å². The van der Waals surface area contributed by atoms with Crippen molar-refractivity contribution in [2.75, 3.05) is 26.8 Å². The van der Waals surface area contributed by atoms with Gasteiger partial charge < -0.3 is 28.4 Å². The average Bonchev–Trinajstić information content (AvgIpc) is 3.42. The van der Waals surface area contributed by atoms with Crippen molar-refractivity contribution >= 4 is 0 Å². The van der Waals surface area contributed by atoms with Crippen LogP contribution < -0.4 is 18.9 Å². The van der Waals surface area contributed by atoms with Gasteiger partial charge in [-0.1, -0.05) is 12.1 Å². The fourth-order valence-electron chi connectivity index (χ4n) is 4.41. The highest BCUT2D eigenvalue weighted by Crippen LogP contribution is 2.52. The molecule has 0 amide bonds. The summed E-state index contributed by atoms with van der Waals surface area (Å²) in [6.07, 6.45) is 0.0435. The van der Waals surface area contributed by atoms with E-state index in [9.17, 15) is 0 Å². The molecule has 4 aliphatic rings. The molecule has 2 aromatic rings. The first kappa shape index (κ1) is 14.7. The molecule has 6 nitrogen and oxygen atoms in total. The van der Waals surface area contributed by atoms with Gasteiger partial charge in [-0.05, 0) is 35.4 Å². The van der Waals surface area contributed by atoms with Crippen molar-refractivity contribution in [2.24, 2.45) is 11.8 Å². The predicted molar refractivity (Wildman–Crippen MR) is 89.5 cm³/mol. The van der Waals surface area contributed by atoms with Crippen LogP contribution in [0.25, 0.3) is 0 Å². The number of hydrogen-bond donors (Lipinski definition) is 0. The lowest BCUT2D eigenvalue weighted by Crippen LogP contribution is -2.14. The molecule has 4 heterocycles. The van der Waals surface area contributed by atoms with E-state index in [0.717, 1.165) is 34.1 Å². The first-order chi connectivity index (χ1) is 12.9. The molecular weight excluding hydrogens is 336 g/mol. The highest BCUT2D eigenvalue weighted by Gasteiger charge is 2.48. The Morgan fingerprint density at radius 2 is 1.04 bits per heavy atom. The van der Waals surface area contributed by atoms with Crippen molar-refractivity contribution in [3.8, 4) is 23.0 Å². The minimum atomic E-state index is 0.0218. The van der Waals surface area contributed by atoms with Crippen molar-refractivity contribution in [3.63, 3.8) is 0 Å². The van der Waals surface area contributed by atoms with E-state index in [-0.39, 0.29) is 25.8 Å². The molecule has 0 spiro atoms. The molecule has 4 atom stereocenters. The summed E-state index contributed by atoms with van der Waals surface area (Å²) in [5.41, 5.74) is 2.24. The Morgan fingerprint density at radius 1 is 0.577 bits per heavy atom. The Morgan fingerprint density at radius 3 is 1.54 bits per heavy atom. The zero-order valence-corrected chi connectivity index (χ0v) is 14.1. The summed E-state index contributed by atoms with van der Waals surface area (Å²) >= 11 is 0. The van der Waals surface area contributed by atoms with E-state index in [2.05, 4.69) is 12.1 Å². The standard InChI is InChI=1S/C20H18O6/c1-3-15-17(25-9-23-15)5-11(1)19-13-7-22-20(14(13)8-21-19)12-2-4-16-18(6-12)26-10-24-16/h1-6,13-14,19-20H,7-10H2/t13-,14-,19+,20?/m0/s1. The van der Waals surface area contributed by atoms with Crippen LogP contribution in [-0.4, -0.2) is 26.8 Å². The Kier molecular flexibility index (Phi) is 3.12. The maximum absolute atomic E-state index is 6.18. The van der Waals surface area contributed by atoms with Crippen LogP contribution in [0.1, 0.15) is 23.3 Å². The predicted octanol–water partition coefficient (Wildman–Crippen LogP) is 3.22. The molecule has 26 heavy (non-hydrogen) atoms. The van der Waals surface area contributed by atoms with E-state index in [1.54, 1.807) is 0 Å². The summed E-state index contributed by atoms with van der Waals surface area (Å²) in [6, 6.07) is 12.1. The average molecular weight is 354 g/mol. The van der Waals surface area contributed by atoms with Gasteiger partial charge in [-0.25, -0.2) is 0 Å². The van der Waals surface area contributed by atoms with Gasteiger partial charge in [0.15, 0.2) is 23.0 Å². The van der Waals surface area contributed by atoms with E-state index in [1.807, 2.05) is 24.3 Å². The molecule has 0 radical (unpaired) electrons. The fourth-order valence-corrected chi connectivity index (χ4v) is 4.41. The summed E-state index contributed by atoms with van der Waals surface area (Å²) in [5.74, 6) is 3.83. The molecule has 0 aliphatic carbocycles. The van der Waals surface area contributed by atoms with Crippen molar-refractivity contribution in [1.82, 2.24) is 0 Å². The van der Waals surface area contributed by atoms with Crippen LogP contribution in [0.4, 0.5) is 0 Å². The van der Waals surface area contributed by atoms with E-state index in [0.29, 0.717) is 25.0 Å². The normalized spacial score (nSPS) is 30.6. The van der Waals surface area contributed by atoms with Gasteiger partial charge in [-0.2, -0.15) is 0 Å². The largest absolute Gasteiger partial charge is 0.454 e. The quantitative estimate of drug-likeness (QED) is 0.825. The molecule has 4 aliphatic heterocycles. The highest BCUT2D eigenvalue weighted by molar-refractivity contribution is 5.46. The minimum absolute atomic E-state index is 0.0218. The molecule has 1 unspecified atom stereocenters. The highest BCUT2D eigenvalue weighted by atomic mass is 16.7. The molecule has 6 heteroatoms. The molecule has 0 aromatic heterocycles. The third-order valence-electron chi connectivity index (χ3n) is 5.71. The molecule has 134 valence electrons. The molecule has 2 fully saturated rings. The first-order valence-corrected chi connectivity index (χ1v) is 8.89. The van der Waals surface area contributed by atoms with Crippen LogP contribution in [0.5, 0.6) is 23.0 Å². The van der Waals surface area contributed by atoms with E-state index >= 15 is 0 Å². The first-order valence-electron chi connectivity index (χ1n) is 8.89. The summed E-state index contributed by atoms with van der Waals surface area (Å²) < 4.78 is 34.2. The number of hydrogen-bond acceptors (Lipinski definition) is 6. The van der Waals surface area contributed by atoms with E-state index in [4.69, 9.17) is 28.4 Å². The molecule has 0 saturated carbocycles. The second-order valence-electron chi connectivity index (χ2n) is 7.06. The van der Waals surface area contributed by atoms with E-state index in [1.165, 1.54) is 0 Å². The summed E-state index contributed by atoms with van der Waals surface area (Å²) in [6.45, 7) is 1.93. The number of ether oxygens (including phenoxy) is 6. The molecule has 0 N–H and O–H groups in total. The number of rotatable bonds is 2. The second-order valence-corrected chi connectivity index (χ2v) is 7.06. The van der Waals surface area contributed by atoms with Gasteiger partial charge in [0.25, 0.3) is 0 Å². The molecule has 0 bridgehead atoms. The van der Waals surface area contributed by atoms with Gasteiger partial charge in [-0.15, -0.1) is 0 Å². The molecule has 6 rings (SSSR count). The monoisotopic (exact) mass is 354 g/mol. The van der Waals surface area contributed by atoms with E-state index < -0.39 is 0 Å². The van der Waals surface area contributed by atoms with Crippen LogP contribution >= 0.6 is 0 Å². The van der Waals surface area contributed by atoms with Crippen LogP contribution in [0.3, 0.4) is 0 Å². The Bertz CT molecular complexity index is 794. The van der Waals surface area contributed by atoms with Crippen LogP contribution in [-0.2, 0) is 9.47 Å². The number of fused-ring (bicyclic) bond motifs is 3. The summed E-state index contributed by atoms with van der Waals surface area (Å²) in [5, 5.41) is 0. The van der Waals surface area contributed by atoms with Gasteiger partial charge in [0.1, 0.15) is 0 Å². The fraction of sp³-hybridized carbons (Fsp3) is 0.400. The van der Waals surface area contributed by atoms with Gasteiger partial charge in [0.2, 0.25) is 13.6 Å². The SMILES string of the molecule is c1cc2c(cc1C1OC[C@@H]3[C@@H](c4ccc5c(c4)OCO5)OC[C@H]13)OCO2. The third-order valence-corrected chi connectivity index (χ3v) is 5.71. The summed E-state index contributed by atoms with van der Waals surface area (Å²) in [4.78, 5) is 0. The van der Waals surface area contributed by atoms with Crippen molar-refractivity contribution in [1.29, 1.82) is 0 Å². The van der Waals surface area contributed by atoms with Crippen LogP contribution in [0.15, 0.2) is 36.4 Å². The Hall–Kier alpha value is -2.44. The lowest BCUT2D eigenvalue weighted by molar-refractivity contribution is 0.0192. The molecule has 2 aromatic carbocycles. The smallest absolute Gasteiger partial charge is 0.231 e. The maximum atomic E-state index is 6.18. The topological polar surface area (TPSA) is 55.4 Å². The van der Waals surface area contributed by atoms with Gasteiger partial charge in [0.05, 0.1) is 25.4 Å². The zero-order chi connectivity index (χ0) is 17.1. The number of benzene rings is 2. The maximum Gasteiger partial charge on any atom is 0.231 e. The molecular formula is C20H18O6.